The molecule has 2 aromatic rings. The van der Waals surface area contributed by atoms with Crippen LogP contribution in [0.2, 0.25) is 0 Å². The van der Waals surface area contributed by atoms with Crippen LogP contribution >= 0.6 is 0 Å². The lowest BCUT2D eigenvalue weighted by Gasteiger charge is -2.36. The minimum atomic E-state index is -0.531. The van der Waals surface area contributed by atoms with Crippen molar-refractivity contribution in [3.05, 3.63) is 53.6 Å². The van der Waals surface area contributed by atoms with E-state index < -0.39 is 6.10 Å². The average Bonchev–Trinajstić information content (AvgIpc) is 2.73. The molecule has 2 aliphatic heterocycles. The lowest BCUT2D eigenvalue weighted by atomic mass is 10.0. The second kappa shape index (κ2) is 8.84. The van der Waals surface area contributed by atoms with Crippen LogP contribution in [0.5, 0.6) is 5.75 Å². The fraction of sp³-hybridized carbons (Fsp3) is 0.435. The van der Waals surface area contributed by atoms with Gasteiger partial charge in [-0.15, -0.1) is 0 Å². The molecule has 0 spiro atoms. The summed E-state index contributed by atoms with van der Waals surface area (Å²) in [6, 6.07) is 14.3. The first-order chi connectivity index (χ1) is 14.1. The molecule has 1 amide bonds. The number of fused-ring (bicyclic) bond motifs is 1. The summed E-state index contributed by atoms with van der Waals surface area (Å²) in [6.07, 6.45) is 0.705. The molecule has 2 aromatic carbocycles. The first-order valence-corrected chi connectivity index (χ1v) is 10.3. The summed E-state index contributed by atoms with van der Waals surface area (Å²) >= 11 is 0. The fourth-order valence-electron chi connectivity index (χ4n) is 3.94. The summed E-state index contributed by atoms with van der Waals surface area (Å²) < 4.78 is 5.80. The number of hydrogen-bond acceptors (Lipinski definition) is 5. The van der Waals surface area contributed by atoms with Crippen molar-refractivity contribution in [3.63, 3.8) is 0 Å². The summed E-state index contributed by atoms with van der Waals surface area (Å²) in [5.74, 6) is 0.798. The monoisotopic (exact) mass is 395 g/mol. The standard InChI is InChI=1S/C23H29N3O3/c1-17-2-5-19(6-3-17)26-12-10-25(11-13-26)15-20(27)16-29-21-7-8-22-18(14-21)4-9-23(28)24-22/h2-3,5-8,14,20,27H,4,9-13,15-16H2,1H3,(H,24,28)/t20-/m0/s1. The molecule has 154 valence electrons. The third kappa shape index (κ3) is 5.08. The molecule has 1 atom stereocenters. The molecular weight excluding hydrogens is 366 g/mol. The number of nitrogens with one attached hydrogen (secondary N) is 1. The van der Waals surface area contributed by atoms with Crippen molar-refractivity contribution in [1.82, 2.24) is 4.90 Å². The van der Waals surface area contributed by atoms with Crippen molar-refractivity contribution < 1.29 is 14.6 Å². The van der Waals surface area contributed by atoms with E-state index in [-0.39, 0.29) is 12.5 Å². The second-order valence-corrected chi connectivity index (χ2v) is 7.96. The van der Waals surface area contributed by atoms with Crippen molar-refractivity contribution in [3.8, 4) is 5.75 Å². The quantitative estimate of drug-likeness (QED) is 0.787. The Bertz CT molecular complexity index is 845. The lowest BCUT2D eigenvalue weighted by molar-refractivity contribution is -0.116. The van der Waals surface area contributed by atoms with Crippen LogP contribution in [0, 0.1) is 6.92 Å². The van der Waals surface area contributed by atoms with Gasteiger partial charge in [0.2, 0.25) is 5.91 Å². The number of aliphatic hydroxyl groups excluding tert-OH is 1. The van der Waals surface area contributed by atoms with Crippen molar-refractivity contribution in [2.24, 2.45) is 0 Å². The van der Waals surface area contributed by atoms with E-state index in [1.165, 1.54) is 11.3 Å². The highest BCUT2D eigenvalue weighted by molar-refractivity contribution is 5.93. The number of carbonyl (C=O) groups excluding carboxylic acids is 1. The summed E-state index contributed by atoms with van der Waals surface area (Å²) in [4.78, 5) is 16.1. The Morgan fingerprint density at radius 3 is 2.59 bits per heavy atom. The van der Waals surface area contributed by atoms with E-state index in [1.807, 2.05) is 18.2 Å². The normalized spacial score (nSPS) is 18.1. The number of piperazine rings is 1. The van der Waals surface area contributed by atoms with Gasteiger partial charge in [0.05, 0.1) is 0 Å². The maximum absolute atomic E-state index is 11.4. The highest BCUT2D eigenvalue weighted by atomic mass is 16.5. The van der Waals surface area contributed by atoms with Crippen LogP contribution in [0.3, 0.4) is 0 Å². The number of anilines is 2. The number of amides is 1. The smallest absolute Gasteiger partial charge is 0.224 e. The summed E-state index contributed by atoms with van der Waals surface area (Å²) in [6.45, 7) is 6.78. The molecule has 0 aliphatic carbocycles. The summed E-state index contributed by atoms with van der Waals surface area (Å²) in [5, 5.41) is 13.3. The van der Waals surface area contributed by atoms with E-state index in [9.17, 15) is 9.90 Å². The zero-order chi connectivity index (χ0) is 20.2. The Labute approximate surface area is 172 Å². The Hall–Kier alpha value is -2.57. The molecule has 0 bridgehead atoms. The van der Waals surface area contributed by atoms with Gasteiger partial charge in [-0.25, -0.2) is 0 Å². The van der Waals surface area contributed by atoms with Gasteiger partial charge in [-0.3, -0.25) is 9.69 Å². The van der Waals surface area contributed by atoms with Crippen LogP contribution in [0.4, 0.5) is 11.4 Å². The fourth-order valence-corrected chi connectivity index (χ4v) is 3.94. The van der Waals surface area contributed by atoms with Gasteiger partial charge >= 0.3 is 0 Å². The predicted molar refractivity (Wildman–Crippen MR) is 115 cm³/mol. The van der Waals surface area contributed by atoms with E-state index in [0.29, 0.717) is 13.0 Å². The lowest BCUT2D eigenvalue weighted by Crippen LogP contribution is -2.49. The predicted octanol–water partition coefficient (Wildman–Crippen LogP) is 2.44. The minimum Gasteiger partial charge on any atom is -0.491 e. The molecule has 4 rings (SSSR count). The Balaban J connectivity index is 1.22. The van der Waals surface area contributed by atoms with Crippen molar-refractivity contribution in [2.45, 2.75) is 25.9 Å². The summed E-state index contributed by atoms with van der Waals surface area (Å²) in [7, 11) is 0. The largest absolute Gasteiger partial charge is 0.491 e. The molecular formula is C23H29N3O3. The molecule has 1 saturated heterocycles. The van der Waals surface area contributed by atoms with Gasteiger partial charge in [-0.05, 0) is 49.2 Å². The van der Waals surface area contributed by atoms with Crippen LogP contribution in [0.25, 0.3) is 0 Å². The maximum atomic E-state index is 11.4. The number of benzene rings is 2. The molecule has 2 heterocycles. The van der Waals surface area contributed by atoms with Crippen LogP contribution in [-0.4, -0.2) is 61.3 Å². The zero-order valence-corrected chi connectivity index (χ0v) is 16.9. The van der Waals surface area contributed by atoms with Gasteiger partial charge in [-0.1, -0.05) is 17.7 Å². The first kappa shape index (κ1) is 19.7. The van der Waals surface area contributed by atoms with Crippen LogP contribution in [0.1, 0.15) is 17.5 Å². The SMILES string of the molecule is Cc1ccc(N2CCN(C[C@H](O)COc3ccc4c(c3)CCC(=O)N4)CC2)cc1. The van der Waals surface area contributed by atoms with Gasteiger partial charge in [0.25, 0.3) is 0 Å². The Kier molecular flexibility index (Phi) is 6.02. The molecule has 6 nitrogen and oxygen atoms in total. The highest BCUT2D eigenvalue weighted by Crippen LogP contribution is 2.27. The number of aliphatic hydroxyl groups is 1. The molecule has 6 heteroatoms. The molecule has 1 fully saturated rings. The number of carbonyl (C=O) groups is 1. The number of rotatable bonds is 6. The number of β-amino-alcohol motifs (C(OH)–C–C–N with tert-alkyl or cyclic N) is 1. The van der Waals surface area contributed by atoms with Gasteiger partial charge in [-0.2, -0.15) is 0 Å². The van der Waals surface area contributed by atoms with Gasteiger partial charge in [0.15, 0.2) is 0 Å². The Morgan fingerprint density at radius 1 is 1.07 bits per heavy atom. The Morgan fingerprint density at radius 2 is 1.83 bits per heavy atom. The highest BCUT2D eigenvalue weighted by Gasteiger charge is 2.20. The zero-order valence-electron chi connectivity index (χ0n) is 16.9. The van der Waals surface area contributed by atoms with Crippen LogP contribution in [-0.2, 0) is 11.2 Å². The number of hydrogen-bond donors (Lipinski definition) is 2. The van der Waals surface area contributed by atoms with E-state index in [2.05, 4.69) is 46.3 Å². The van der Waals surface area contributed by atoms with E-state index in [1.54, 1.807) is 0 Å². The molecule has 0 radical (unpaired) electrons. The van der Waals surface area contributed by atoms with Gasteiger partial charge < -0.3 is 20.1 Å². The van der Waals surface area contributed by atoms with E-state index in [0.717, 1.165) is 49.6 Å². The number of aryl methyl sites for hydroxylation is 2. The van der Waals surface area contributed by atoms with E-state index in [4.69, 9.17) is 4.74 Å². The molecule has 0 aromatic heterocycles. The molecule has 0 saturated carbocycles. The molecule has 29 heavy (non-hydrogen) atoms. The second-order valence-electron chi connectivity index (χ2n) is 7.96. The first-order valence-electron chi connectivity index (χ1n) is 10.3. The van der Waals surface area contributed by atoms with Crippen molar-refractivity contribution in [1.29, 1.82) is 0 Å². The molecule has 2 aliphatic rings. The average molecular weight is 396 g/mol. The number of nitrogens with zero attached hydrogens (tertiary/aromatic N) is 2. The van der Waals surface area contributed by atoms with Crippen molar-refractivity contribution in [2.75, 3.05) is 49.5 Å². The molecule has 2 N–H and O–H groups in total. The van der Waals surface area contributed by atoms with Crippen LogP contribution < -0.4 is 15.0 Å². The third-order valence-electron chi connectivity index (χ3n) is 5.65. The minimum absolute atomic E-state index is 0.0593. The van der Waals surface area contributed by atoms with Gasteiger partial charge in [0, 0.05) is 50.5 Å². The van der Waals surface area contributed by atoms with Crippen molar-refractivity contribution >= 4 is 17.3 Å². The summed E-state index contributed by atoms with van der Waals surface area (Å²) in [5.41, 5.74) is 4.49. The topological polar surface area (TPSA) is 65.0 Å². The molecule has 0 unspecified atom stereocenters. The van der Waals surface area contributed by atoms with Gasteiger partial charge in [0.1, 0.15) is 18.5 Å². The number of ether oxygens (including phenoxy) is 1. The van der Waals surface area contributed by atoms with Crippen LogP contribution in [0.15, 0.2) is 42.5 Å². The van der Waals surface area contributed by atoms with E-state index >= 15 is 0 Å². The third-order valence-corrected chi connectivity index (χ3v) is 5.65. The maximum Gasteiger partial charge on any atom is 0.224 e.